The predicted octanol–water partition coefficient (Wildman–Crippen LogP) is 1.41. The summed E-state index contributed by atoms with van der Waals surface area (Å²) in [7, 11) is 0. The molecule has 0 atom stereocenters. The van der Waals surface area contributed by atoms with Crippen molar-refractivity contribution in [1.29, 1.82) is 0 Å². The Morgan fingerprint density at radius 2 is 2.47 bits per heavy atom. The first-order valence-corrected chi connectivity index (χ1v) is 6.43. The zero-order chi connectivity index (χ0) is 12.3. The largest absolute Gasteiger partial charge is 0.480 e. The van der Waals surface area contributed by atoms with E-state index in [2.05, 4.69) is 0 Å². The molecule has 5 nitrogen and oxygen atoms in total. The monoisotopic (exact) mass is 272 g/mol. The molecule has 0 unspecified atom stereocenters. The van der Waals surface area contributed by atoms with Crippen LogP contribution in [0.1, 0.15) is 5.76 Å². The molecule has 1 aliphatic rings. The first-order valence-electron chi connectivity index (χ1n) is 5.03. The number of hydrogen-bond donors (Lipinski definition) is 1. The summed E-state index contributed by atoms with van der Waals surface area (Å²) in [5.41, 5.74) is 0. The minimum absolute atomic E-state index is 0.0320. The van der Waals surface area contributed by atoms with Crippen molar-refractivity contribution in [2.75, 3.05) is 19.1 Å². The zero-order valence-corrected chi connectivity index (χ0v) is 10.7. The van der Waals surface area contributed by atoms with Gasteiger partial charge in [-0.05, 0) is 12.1 Å². The maximum atomic E-state index is 10.7. The molecule has 0 bridgehead atoms. The Kier molecular flexibility index (Phi) is 4.03. The Morgan fingerprint density at radius 3 is 3.12 bits per heavy atom. The van der Waals surface area contributed by atoms with Gasteiger partial charge < -0.3 is 14.4 Å². The molecule has 0 spiro atoms. The Labute approximate surface area is 108 Å². The van der Waals surface area contributed by atoms with Crippen molar-refractivity contribution < 1.29 is 14.3 Å². The molecule has 1 N–H and O–H groups in total. The molecule has 0 radical (unpaired) electrons. The number of thioether (sulfide) groups is 1. The molecule has 1 saturated heterocycles. The second kappa shape index (κ2) is 5.52. The number of thiocarbonyl (C=S) groups is 1. The van der Waals surface area contributed by atoms with Crippen LogP contribution >= 0.6 is 24.0 Å². The highest BCUT2D eigenvalue weighted by atomic mass is 32.2. The average molecular weight is 272 g/mol. The maximum Gasteiger partial charge on any atom is 0.317 e. The molecule has 1 aromatic heterocycles. The quantitative estimate of drug-likeness (QED) is 0.832. The molecule has 1 aromatic rings. The van der Waals surface area contributed by atoms with E-state index in [1.54, 1.807) is 6.26 Å². The van der Waals surface area contributed by atoms with Gasteiger partial charge in [-0.3, -0.25) is 9.69 Å². The van der Waals surface area contributed by atoms with Crippen LogP contribution in [0.3, 0.4) is 0 Å². The van der Waals surface area contributed by atoms with Gasteiger partial charge >= 0.3 is 5.97 Å². The van der Waals surface area contributed by atoms with Crippen LogP contribution in [0.4, 0.5) is 0 Å². The van der Waals surface area contributed by atoms with E-state index in [0.717, 1.165) is 10.1 Å². The molecular formula is C10H12N2O3S2. The second-order valence-electron chi connectivity index (χ2n) is 3.68. The first kappa shape index (κ1) is 12.4. The number of carbonyl (C=O) groups is 1. The van der Waals surface area contributed by atoms with Gasteiger partial charge in [0.05, 0.1) is 31.9 Å². The van der Waals surface area contributed by atoms with E-state index in [1.807, 2.05) is 21.9 Å². The van der Waals surface area contributed by atoms with E-state index in [1.165, 1.54) is 11.8 Å². The third kappa shape index (κ3) is 3.45. The Balaban J connectivity index is 1.95. The Morgan fingerprint density at radius 1 is 1.65 bits per heavy atom. The number of aliphatic carboxylic acids is 1. The lowest BCUT2D eigenvalue weighted by Gasteiger charge is -2.35. The topological polar surface area (TPSA) is 56.9 Å². The molecule has 2 rings (SSSR count). The molecule has 0 aromatic carbocycles. The molecule has 7 heteroatoms. The van der Waals surface area contributed by atoms with E-state index in [0.29, 0.717) is 19.1 Å². The molecule has 92 valence electrons. The van der Waals surface area contributed by atoms with Gasteiger partial charge in [0.2, 0.25) is 0 Å². The lowest BCUT2D eigenvalue weighted by molar-refractivity contribution is -0.138. The fraction of sp³-hybridized carbons (Fsp3) is 0.400. The summed E-state index contributed by atoms with van der Waals surface area (Å²) in [6, 6.07) is 3.70. The average Bonchev–Trinajstić information content (AvgIpc) is 2.75. The van der Waals surface area contributed by atoms with Gasteiger partial charge in [0.15, 0.2) is 0 Å². The summed E-state index contributed by atoms with van der Waals surface area (Å²) < 4.78 is 6.04. The number of hydrogen-bond acceptors (Lipinski definition) is 5. The van der Waals surface area contributed by atoms with Gasteiger partial charge in [0.1, 0.15) is 10.1 Å². The summed E-state index contributed by atoms with van der Waals surface area (Å²) in [6.07, 6.45) is 1.62. The Bertz CT molecular complexity index is 408. The van der Waals surface area contributed by atoms with Crippen LogP contribution in [0.25, 0.3) is 0 Å². The maximum absolute atomic E-state index is 10.7. The molecule has 1 fully saturated rings. The lowest BCUT2D eigenvalue weighted by Crippen LogP contribution is -2.46. The van der Waals surface area contributed by atoms with Crippen molar-refractivity contribution in [2.24, 2.45) is 0 Å². The van der Waals surface area contributed by atoms with Crippen molar-refractivity contribution in [2.45, 2.75) is 6.54 Å². The number of rotatable bonds is 4. The van der Waals surface area contributed by atoms with Crippen LogP contribution in [-0.2, 0) is 11.3 Å². The van der Waals surface area contributed by atoms with E-state index >= 15 is 0 Å². The molecule has 2 heterocycles. The summed E-state index contributed by atoms with van der Waals surface area (Å²) in [6.45, 7) is 1.14. The van der Waals surface area contributed by atoms with Gasteiger partial charge in [-0.15, -0.1) is 0 Å². The molecule has 1 aliphatic heterocycles. The van der Waals surface area contributed by atoms with Crippen LogP contribution in [0.15, 0.2) is 22.8 Å². The van der Waals surface area contributed by atoms with Crippen LogP contribution in [-0.4, -0.2) is 44.3 Å². The summed E-state index contributed by atoms with van der Waals surface area (Å²) in [4.78, 5) is 14.4. The number of nitrogens with zero attached hydrogens (tertiary/aromatic N) is 2. The lowest BCUT2D eigenvalue weighted by atomic mass is 10.4. The molecule has 0 saturated carbocycles. The highest BCUT2D eigenvalue weighted by Crippen LogP contribution is 2.20. The van der Waals surface area contributed by atoms with E-state index in [-0.39, 0.29) is 6.54 Å². The number of furan rings is 1. The van der Waals surface area contributed by atoms with E-state index in [9.17, 15) is 4.79 Å². The number of carboxylic acids is 1. The highest BCUT2D eigenvalue weighted by molar-refractivity contribution is 8.22. The van der Waals surface area contributed by atoms with Crippen molar-refractivity contribution in [3.8, 4) is 0 Å². The highest BCUT2D eigenvalue weighted by Gasteiger charge is 2.23. The summed E-state index contributed by atoms with van der Waals surface area (Å²) in [5, 5.41) is 8.75. The molecular weight excluding hydrogens is 260 g/mol. The van der Waals surface area contributed by atoms with Gasteiger partial charge in [-0.2, -0.15) is 0 Å². The molecule has 17 heavy (non-hydrogen) atoms. The zero-order valence-electron chi connectivity index (χ0n) is 9.04. The SMILES string of the molecule is O=C(O)CN1CSC(=S)N(Cc2ccco2)C1. The standard InChI is InChI=1S/C10H12N2O3S2/c13-9(14)5-11-6-12(10(16)17-7-11)4-8-2-1-3-15-8/h1-3H,4-7H2,(H,13,14). The fourth-order valence-corrected chi connectivity index (χ4v) is 2.62. The molecule has 0 aliphatic carbocycles. The first-order chi connectivity index (χ1) is 8.15. The fourth-order valence-electron chi connectivity index (χ4n) is 1.57. The van der Waals surface area contributed by atoms with Crippen molar-refractivity contribution in [3.05, 3.63) is 24.2 Å². The smallest absolute Gasteiger partial charge is 0.317 e. The minimum atomic E-state index is -0.823. The third-order valence-corrected chi connectivity index (χ3v) is 3.90. The van der Waals surface area contributed by atoms with E-state index < -0.39 is 5.97 Å². The van der Waals surface area contributed by atoms with E-state index in [4.69, 9.17) is 21.7 Å². The van der Waals surface area contributed by atoms with Crippen molar-refractivity contribution >= 4 is 34.3 Å². The van der Waals surface area contributed by atoms with Crippen LogP contribution in [0, 0.1) is 0 Å². The third-order valence-electron chi connectivity index (χ3n) is 2.29. The van der Waals surface area contributed by atoms with Gasteiger partial charge in [-0.1, -0.05) is 24.0 Å². The minimum Gasteiger partial charge on any atom is -0.480 e. The van der Waals surface area contributed by atoms with Crippen LogP contribution in [0.5, 0.6) is 0 Å². The predicted molar refractivity (Wildman–Crippen MR) is 68.5 cm³/mol. The summed E-state index contributed by atoms with van der Waals surface area (Å²) >= 11 is 6.72. The van der Waals surface area contributed by atoms with Gasteiger partial charge in [0.25, 0.3) is 0 Å². The van der Waals surface area contributed by atoms with Gasteiger partial charge in [-0.25, -0.2) is 0 Å². The molecule has 0 amide bonds. The summed E-state index contributed by atoms with van der Waals surface area (Å²) in [5.74, 6) is 0.626. The second-order valence-corrected chi connectivity index (χ2v) is 5.26. The van der Waals surface area contributed by atoms with Crippen LogP contribution < -0.4 is 0 Å². The van der Waals surface area contributed by atoms with Crippen LogP contribution in [0.2, 0.25) is 0 Å². The van der Waals surface area contributed by atoms with Gasteiger partial charge in [0, 0.05) is 0 Å². The van der Waals surface area contributed by atoms with Crippen molar-refractivity contribution in [1.82, 2.24) is 9.80 Å². The van der Waals surface area contributed by atoms with Crippen molar-refractivity contribution in [3.63, 3.8) is 0 Å². The normalized spacial score (nSPS) is 17.4. The Hall–Kier alpha value is -1.05. The number of carboxylic acid groups (broad SMARTS) is 1.